The molecule has 2 fully saturated rings. The Morgan fingerprint density at radius 1 is 1.16 bits per heavy atom. The molecule has 2 aliphatic rings. The number of carbonyl (C=O) groups is 1. The number of rotatable bonds is 4. The van der Waals surface area contributed by atoms with Crippen LogP contribution in [-0.2, 0) is 17.9 Å². The lowest BCUT2D eigenvalue weighted by Gasteiger charge is -2.08. The molecule has 0 heterocycles. The summed E-state index contributed by atoms with van der Waals surface area (Å²) in [5.74, 6) is 1.79. The Hall–Kier alpha value is -1.35. The third-order valence-electron chi connectivity index (χ3n) is 4.70. The van der Waals surface area contributed by atoms with Crippen molar-refractivity contribution < 1.29 is 9.90 Å². The number of amides is 1. The van der Waals surface area contributed by atoms with Crippen molar-refractivity contribution >= 4 is 5.91 Å². The maximum Gasteiger partial charge on any atom is 0.223 e. The Kier molecular flexibility index (Phi) is 3.56. The zero-order valence-electron chi connectivity index (χ0n) is 11.1. The highest BCUT2D eigenvalue weighted by Crippen LogP contribution is 2.55. The lowest BCUT2D eigenvalue weighted by molar-refractivity contribution is -0.123. The first-order chi connectivity index (χ1) is 9.31. The van der Waals surface area contributed by atoms with E-state index in [4.69, 9.17) is 0 Å². The van der Waals surface area contributed by atoms with Gasteiger partial charge in [0.25, 0.3) is 0 Å². The molecular formula is C16H21NO2. The van der Waals surface area contributed by atoms with E-state index in [0.717, 1.165) is 11.1 Å². The van der Waals surface area contributed by atoms with Crippen LogP contribution in [0.2, 0.25) is 0 Å². The third-order valence-corrected chi connectivity index (χ3v) is 4.70. The van der Waals surface area contributed by atoms with E-state index in [0.29, 0.717) is 18.4 Å². The van der Waals surface area contributed by atoms with E-state index in [-0.39, 0.29) is 18.4 Å². The molecule has 0 spiro atoms. The number of carbonyl (C=O) groups excluding carboxylic acids is 1. The monoisotopic (exact) mass is 259 g/mol. The van der Waals surface area contributed by atoms with Crippen LogP contribution in [0.25, 0.3) is 0 Å². The van der Waals surface area contributed by atoms with E-state index in [9.17, 15) is 9.90 Å². The van der Waals surface area contributed by atoms with Gasteiger partial charge in [0.15, 0.2) is 0 Å². The molecule has 3 nitrogen and oxygen atoms in total. The van der Waals surface area contributed by atoms with E-state index in [1.165, 1.54) is 25.7 Å². The first-order valence-electron chi connectivity index (χ1n) is 7.26. The van der Waals surface area contributed by atoms with Gasteiger partial charge in [-0.25, -0.2) is 0 Å². The fraction of sp³-hybridized carbons (Fsp3) is 0.562. The molecule has 19 heavy (non-hydrogen) atoms. The number of aliphatic hydroxyl groups is 1. The van der Waals surface area contributed by atoms with E-state index in [2.05, 4.69) is 5.32 Å². The van der Waals surface area contributed by atoms with Gasteiger partial charge in [0.1, 0.15) is 0 Å². The highest BCUT2D eigenvalue weighted by atomic mass is 16.3. The highest BCUT2D eigenvalue weighted by Gasteiger charge is 2.54. The maximum absolute atomic E-state index is 12.2. The van der Waals surface area contributed by atoms with Gasteiger partial charge in [0.2, 0.25) is 5.91 Å². The zero-order valence-corrected chi connectivity index (χ0v) is 11.1. The second-order valence-electron chi connectivity index (χ2n) is 5.78. The first-order valence-corrected chi connectivity index (χ1v) is 7.26. The summed E-state index contributed by atoms with van der Waals surface area (Å²) in [5.41, 5.74) is 1.91. The van der Waals surface area contributed by atoms with Gasteiger partial charge < -0.3 is 10.4 Å². The molecule has 0 aromatic heterocycles. The summed E-state index contributed by atoms with van der Waals surface area (Å²) in [6, 6.07) is 7.72. The van der Waals surface area contributed by atoms with Gasteiger partial charge in [0.05, 0.1) is 6.61 Å². The summed E-state index contributed by atoms with van der Waals surface area (Å²) in [6.07, 6.45) is 5.04. The van der Waals surface area contributed by atoms with Crippen molar-refractivity contribution in [3.8, 4) is 0 Å². The van der Waals surface area contributed by atoms with Crippen LogP contribution in [0.1, 0.15) is 36.8 Å². The molecule has 0 saturated heterocycles. The van der Waals surface area contributed by atoms with Gasteiger partial charge in [0, 0.05) is 12.5 Å². The van der Waals surface area contributed by atoms with Crippen LogP contribution < -0.4 is 5.32 Å². The van der Waals surface area contributed by atoms with Crippen LogP contribution >= 0.6 is 0 Å². The lowest BCUT2D eigenvalue weighted by atomic mass is 10.0. The van der Waals surface area contributed by atoms with E-state index < -0.39 is 0 Å². The Morgan fingerprint density at radius 3 is 2.42 bits per heavy atom. The van der Waals surface area contributed by atoms with Crippen LogP contribution in [0.15, 0.2) is 24.3 Å². The predicted molar refractivity (Wildman–Crippen MR) is 73.1 cm³/mol. The molecule has 0 aliphatic heterocycles. The Morgan fingerprint density at radius 2 is 1.79 bits per heavy atom. The van der Waals surface area contributed by atoms with Gasteiger partial charge in [-0.15, -0.1) is 0 Å². The van der Waals surface area contributed by atoms with E-state index in [1.807, 2.05) is 24.3 Å². The number of benzene rings is 1. The average molecular weight is 259 g/mol. The molecule has 2 unspecified atom stereocenters. The molecule has 0 bridgehead atoms. The van der Waals surface area contributed by atoms with Gasteiger partial charge in [-0.3, -0.25) is 4.79 Å². The maximum atomic E-state index is 12.2. The summed E-state index contributed by atoms with van der Waals surface area (Å²) in [5, 5.41) is 12.3. The highest BCUT2D eigenvalue weighted by molar-refractivity contribution is 5.82. The summed E-state index contributed by atoms with van der Waals surface area (Å²) in [4.78, 5) is 12.2. The van der Waals surface area contributed by atoms with Crippen molar-refractivity contribution in [1.29, 1.82) is 0 Å². The van der Waals surface area contributed by atoms with Crippen molar-refractivity contribution in [2.24, 2.45) is 17.8 Å². The minimum Gasteiger partial charge on any atom is -0.392 e. The number of fused-ring (bicyclic) bond motifs is 1. The van der Waals surface area contributed by atoms with Gasteiger partial charge >= 0.3 is 0 Å². The third kappa shape index (κ3) is 2.52. The summed E-state index contributed by atoms with van der Waals surface area (Å²) in [6.45, 7) is 0.562. The van der Waals surface area contributed by atoms with E-state index >= 15 is 0 Å². The number of nitrogens with one attached hydrogen (secondary N) is 1. The molecule has 3 rings (SSSR count). The molecule has 1 amide bonds. The van der Waals surface area contributed by atoms with Crippen LogP contribution in [0.3, 0.4) is 0 Å². The van der Waals surface area contributed by atoms with Crippen LogP contribution in [-0.4, -0.2) is 11.0 Å². The molecule has 0 radical (unpaired) electrons. The SMILES string of the molecule is O=C(NCc1ccccc1CO)C1C2CCCCC21. The second kappa shape index (κ2) is 5.33. The Balaban J connectivity index is 1.56. The summed E-state index contributed by atoms with van der Waals surface area (Å²) >= 11 is 0. The minimum absolute atomic E-state index is 0.0285. The normalized spacial score (nSPS) is 28.6. The average Bonchev–Trinajstić information content (AvgIpc) is 3.19. The van der Waals surface area contributed by atoms with Crippen LogP contribution in [0.4, 0.5) is 0 Å². The molecule has 1 aromatic rings. The van der Waals surface area contributed by atoms with Gasteiger partial charge in [-0.1, -0.05) is 37.1 Å². The molecule has 2 atom stereocenters. The van der Waals surface area contributed by atoms with Crippen molar-refractivity contribution in [3.63, 3.8) is 0 Å². The van der Waals surface area contributed by atoms with Crippen LogP contribution in [0, 0.1) is 17.8 Å². The standard InChI is InChI=1S/C16H21NO2/c18-10-12-6-2-1-5-11(12)9-17-16(19)15-13-7-3-4-8-14(13)15/h1-2,5-6,13-15,18H,3-4,7-10H2,(H,17,19). The van der Waals surface area contributed by atoms with E-state index in [1.54, 1.807) is 0 Å². The number of aliphatic hydroxyl groups excluding tert-OH is 1. The fourth-order valence-electron chi connectivity index (χ4n) is 3.57. The number of hydrogen-bond acceptors (Lipinski definition) is 2. The zero-order chi connectivity index (χ0) is 13.2. The van der Waals surface area contributed by atoms with Crippen molar-refractivity contribution in [3.05, 3.63) is 35.4 Å². The van der Waals surface area contributed by atoms with Crippen LogP contribution in [0.5, 0.6) is 0 Å². The quantitative estimate of drug-likeness (QED) is 0.871. The predicted octanol–water partition coefficient (Wildman–Crippen LogP) is 2.23. The van der Waals surface area contributed by atoms with Gasteiger partial charge in [-0.05, 0) is 35.8 Å². The van der Waals surface area contributed by atoms with Crippen molar-refractivity contribution in [1.82, 2.24) is 5.32 Å². The van der Waals surface area contributed by atoms with Crippen molar-refractivity contribution in [2.75, 3.05) is 0 Å². The summed E-state index contributed by atoms with van der Waals surface area (Å²) in [7, 11) is 0. The largest absolute Gasteiger partial charge is 0.392 e. The second-order valence-corrected chi connectivity index (χ2v) is 5.78. The topological polar surface area (TPSA) is 49.3 Å². The number of hydrogen-bond donors (Lipinski definition) is 2. The molecule has 1 aromatic carbocycles. The van der Waals surface area contributed by atoms with Gasteiger partial charge in [-0.2, -0.15) is 0 Å². The van der Waals surface area contributed by atoms with Crippen molar-refractivity contribution in [2.45, 2.75) is 38.8 Å². The lowest BCUT2D eigenvalue weighted by Crippen LogP contribution is -2.26. The first kappa shape index (κ1) is 12.7. The molecule has 2 aliphatic carbocycles. The molecule has 2 N–H and O–H groups in total. The smallest absolute Gasteiger partial charge is 0.223 e. The summed E-state index contributed by atoms with van der Waals surface area (Å²) < 4.78 is 0. The Labute approximate surface area is 114 Å². The molecule has 102 valence electrons. The Bertz CT molecular complexity index is 460. The molecular weight excluding hydrogens is 238 g/mol. The molecule has 2 saturated carbocycles. The molecule has 3 heteroatoms. The fourth-order valence-corrected chi connectivity index (χ4v) is 3.57. The minimum atomic E-state index is 0.0285.